The summed E-state index contributed by atoms with van der Waals surface area (Å²) in [5.41, 5.74) is 0. The number of rotatable bonds is 4. The van der Waals surface area contributed by atoms with Crippen LogP contribution in [0.2, 0.25) is 0 Å². The van der Waals surface area contributed by atoms with Gasteiger partial charge in [0.25, 0.3) is 0 Å². The van der Waals surface area contributed by atoms with Crippen LogP contribution in [0.1, 0.15) is 37.9 Å². The molecule has 1 aromatic rings. The van der Waals surface area contributed by atoms with E-state index in [-0.39, 0.29) is 0 Å². The van der Waals surface area contributed by atoms with Gasteiger partial charge < -0.3 is 9.88 Å². The Balaban J connectivity index is 2.04. The van der Waals surface area contributed by atoms with Gasteiger partial charge in [-0.2, -0.15) is 0 Å². The third-order valence-electron chi connectivity index (χ3n) is 2.82. The van der Waals surface area contributed by atoms with E-state index in [1.165, 1.54) is 25.1 Å². The highest BCUT2D eigenvalue weighted by Crippen LogP contribution is 2.20. The predicted octanol–water partition coefficient (Wildman–Crippen LogP) is 1.16. The highest BCUT2D eigenvalue weighted by atomic mass is 15.3. The van der Waals surface area contributed by atoms with Crippen LogP contribution in [0.25, 0.3) is 0 Å². The SMILES string of the molecule is CCCCn1cnnc1C1CCNC1. The molecular weight excluding hydrogens is 176 g/mol. The van der Waals surface area contributed by atoms with E-state index in [2.05, 4.69) is 27.0 Å². The molecule has 1 fully saturated rings. The molecule has 2 heterocycles. The lowest BCUT2D eigenvalue weighted by Crippen LogP contribution is -2.12. The lowest BCUT2D eigenvalue weighted by atomic mass is 10.1. The first kappa shape index (κ1) is 9.65. The highest BCUT2D eigenvalue weighted by molar-refractivity contribution is 5.00. The van der Waals surface area contributed by atoms with Gasteiger partial charge in [-0.15, -0.1) is 10.2 Å². The first-order chi connectivity index (χ1) is 6.92. The van der Waals surface area contributed by atoms with E-state index in [9.17, 15) is 0 Å². The number of unbranched alkanes of at least 4 members (excludes halogenated alkanes) is 1. The van der Waals surface area contributed by atoms with Crippen LogP contribution < -0.4 is 5.32 Å². The number of hydrogen-bond donors (Lipinski definition) is 1. The number of aromatic nitrogens is 3. The molecular formula is C10H18N4. The van der Waals surface area contributed by atoms with Crippen LogP contribution in [-0.2, 0) is 6.54 Å². The molecule has 0 aliphatic carbocycles. The maximum atomic E-state index is 4.22. The summed E-state index contributed by atoms with van der Waals surface area (Å²) in [6, 6.07) is 0. The molecule has 78 valence electrons. The molecule has 1 saturated heterocycles. The zero-order valence-corrected chi connectivity index (χ0v) is 8.74. The maximum absolute atomic E-state index is 4.22. The molecule has 0 amide bonds. The number of hydrogen-bond acceptors (Lipinski definition) is 3. The molecule has 1 atom stereocenters. The monoisotopic (exact) mass is 194 g/mol. The van der Waals surface area contributed by atoms with Crippen molar-refractivity contribution >= 4 is 0 Å². The summed E-state index contributed by atoms with van der Waals surface area (Å²) in [6.07, 6.45) is 5.50. The average Bonchev–Trinajstić information content (AvgIpc) is 2.84. The molecule has 1 aromatic heterocycles. The summed E-state index contributed by atoms with van der Waals surface area (Å²) in [4.78, 5) is 0. The molecule has 0 radical (unpaired) electrons. The third kappa shape index (κ3) is 1.95. The molecule has 0 bridgehead atoms. The van der Waals surface area contributed by atoms with E-state index in [0.29, 0.717) is 5.92 Å². The van der Waals surface area contributed by atoms with Gasteiger partial charge in [0.1, 0.15) is 12.2 Å². The van der Waals surface area contributed by atoms with Crippen LogP contribution >= 0.6 is 0 Å². The van der Waals surface area contributed by atoms with Crippen molar-refractivity contribution < 1.29 is 0 Å². The lowest BCUT2D eigenvalue weighted by molar-refractivity contribution is 0.568. The van der Waals surface area contributed by atoms with Gasteiger partial charge in [0.2, 0.25) is 0 Å². The van der Waals surface area contributed by atoms with Crippen LogP contribution in [0.15, 0.2) is 6.33 Å². The minimum Gasteiger partial charge on any atom is -0.317 e. The van der Waals surface area contributed by atoms with Gasteiger partial charge in [-0.3, -0.25) is 0 Å². The molecule has 2 rings (SSSR count). The number of nitrogens with zero attached hydrogens (tertiary/aromatic N) is 3. The third-order valence-corrected chi connectivity index (χ3v) is 2.82. The second-order valence-corrected chi connectivity index (χ2v) is 3.93. The van der Waals surface area contributed by atoms with Crippen molar-refractivity contribution in [2.45, 2.75) is 38.6 Å². The van der Waals surface area contributed by atoms with Crippen LogP contribution in [0.3, 0.4) is 0 Å². The van der Waals surface area contributed by atoms with E-state index in [0.717, 1.165) is 19.6 Å². The average molecular weight is 194 g/mol. The lowest BCUT2D eigenvalue weighted by Gasteiger charge is -2.09. The Labute approximate surface area is 84.7 Å². The van der Waals surface area contributed by atoms with Crippen LogP contribution in [0, 0.1) is 0 Å². The van der Waals surface area contributed by atoms with Gasteiger partial charge in [0, 0.05) is 19.0 Å². The van der Waals surface area contributed by atoms with Crippen molar-refractivity contribution in [1.82, 2.24) is 20.1 Å². The van der Waals surface area contributed by atoms with Crippen molar-refractivity contribution in [1.29, 1.82) is 0 Å². The topological polar surface area (TPSA) is 42.7 Å². The Morgan fingerprint density at radius 2 is 2.57 bits per heavy atom. The smallest absolute Gasteiger partial charge is 0.137 e. The normalized spacial score (nSPS) is 21.6. The van der Waals surface area contributed by atoms with Gasteiger partial charge in [0.05, 0.1) is 0 Å². The van der Waals surface area contributed by atoms with Crippen LogP contribution in [0.5, 0.6) is 0 Å². The summed E-state index contributed by atoms with van der Waals surface area (Å²) < 4.78 is 2.21. The molecule has 0 saturated carbocycles. The van der Waals surface area contributed by atoms with Gasteiger partial charge >= 0.3 is 0 Å². The Morgan fingerprint density at radius 1 is 1.64 bits per heavy atom. The molecule has 1 unspecified atom stereocenters. The summed E-state index contributed by atoms with van der Waals surface area (Å²) in [5, 5.41) is 11.6. The highest BCUT2D eigenvalue weighted by Gasteiger charge is 2.21. The zero-order chi connectivity index (χ0) is 9.80. The van der Waals surface area contributed by atoms with Gasteiger partial charge in [-0.25, -0.2) is 0 Å². The maximum Gasteiger partial charge on any atom is 0.137 e. The van der Waals surface area contributed by atoms with Crippen molar-refractivity contribution in [3.05, 3.63) is 12.2 Å². The summed E-state index contributed by atoms with van der Waals surface area (Å²) in [7, 11) is 0. The molecule has 0 spiro atoms. The van der Waals surface area contributed by atoms with Crippen molar-refractivity contribution in [3.63, 3.8) is 0 Å². The Kier molecular flexibility index (Phi) is 3.14. The van der Waals surface area contributed by atoms with Crippen LogP contribution in [-0.4, -0.2) is 27.9 Å². The van der Waals surface area contributed by atoms with Gasteiger partial charge in [-0.1, -0.05) is 13.3 Å². The van der Waals surface area contributed by atoms with E-state index < -0.39 is 0 Å². The molecule has 0 aromatic carbocycles. The standard InChI is InChI=1S/C10H18N4/c1-2-3-6-14-8-12-13-10(14)9-4-5-11-7-9/h8-9,11H,2-7H2,1H3. The molecule has 4 heteroatoms. The zero-order valence-electron chi connectivity index (χ0n) is 8.74. The van der Waals surface area contributed by atoms with Crippen LogP contribution in [0.4, 0.5) is 0 Å². The Hall–Kier alpha value is -0.900. The summed E-state index contributed by atoms with van der Waals surface area (Å²) in [5.74, 6) is 1.75. The largest absolute Gasteiger partial charge is 0.317 e. The minimum absolute atomic E-state index is 0.578. The van der Waals surface area contributed by atoms with E-state index in [1.807, 2.05) is 6.33 Å². The van der Waals surface area contributed by atoms with E-state index in [4.69, 9.17) is 0 Å². The van der Waals surface area contributed by atoms with E-state index in [1.54, 1.807) is 0 Å². The predicted molar refractivity (Wildman–Crippen MR) is 55.2 cm³/mol. The summed E-state index contributed by atoms with van der Waals surface area (Å²) in [6.45, 7) is 5.45. The van der Waals surface area contributed by atoms with Gasteiger partial charge in [0.15, 0.2) is 0 Å². The first-order valence-electron chi connectivity index (χ1n) is 5.50. The van der Waals surface area contributed by atoms with Gasteiger partial charge in [-0.05, 0) is 19.4 Å². The molecule has 1 N–H and O–H groups in total. The molecule has 1 aliphatic rings. The van der Waals surface area contributed by atoms with E-state index >= 15 is 0 Å². The fourth-order valence-electron chi connectivity index (χ4n) is 1.96. The molecule has 14 heavy (non-hydrogen) atoms. The first-order valence-corrected chi connectivity index (χ1v) is 5.50. The fraction of sp³-hybridized carbons (Fsp3) is 0.800. The quantitative estimate of drug-likeness (QED) is 0.782. The Bertz CT molecular complexity index is 275. The van der Waals surface area contributed by atoms with Crippen molar-refractivity contribution in [2.75, 3.05) is 13.1 Å². The number of aryl methyl sites for hydroxylation is 1. The summed E-state index contributed by atoms with van der Waals surface area (Å²) >= 11 is 0. The van der Waals surface area contributed by atoms with Crippen molar-refractivity contribution in [2.24, 2.45) is 0 Å². The second-order valence-electron chi connectivity index (χ2n) is 3.93. The van der Waals surface area contributed by atoms with Crippen molar-refractivity contribution in [3.8, 4) is 0 Å². The Morgan fingerprint density at radius 3 is 3.29 bits per heavy atom. The molecule has 1 aliphatic heterocycles. The molecule has 4 nitrogen and oxygen atoms in total. The minimum atomic E-state index is 0.578. The second kappa shape index (κ2) is 4.55. The number of nitrogens with one attached hydrogen (secondary N) is 1. The fourth-order valence-corrected chi connectivity index (χ4v) is 1.96.